The lowest BCUT2D eigenvalue weighted by atomic mass is 10.1. The minimum absolute atomic E-state index is 0.540. The van der Waals surface area contributed by atoms with Crippen molar-refractivity contribution in [2.45, 2.75) is 12.8 Å². The van der Waals surface area contributed by atoms with Gasteiger partial charge in [-0.2, -0.15) is 4.73 Å². The first-order valence-electron chi connectivity index (χ1n) is 5.93. The van der Waals surface area contributed by atoms with E-state index in [0.717, 1.165) is 28.9 Å². The van der Waals surface area contributed by atoms with Crippen molar-refractivity contribution in [3.8, 4) is 0 Å². The highest BCUT2D eigenvalue weighted by molar-refractivity contribution is 5.96. The highest BCUT2D eigenvalue weighted by Gasteiger charge is 2.18. The predicted octanol–water partition coefficient (Wildman–Crippen LogP) is 1.66. The SMILES string of the molecule is Nc1ccc(N2CCCC2)c2ccc[n+]([O-])c12. The number of nitrogen functional groups attached to an aromatic ring is 1. The fraction of sp³-hybridized carbons (Fsp3) is 0.308. The molecule has 0 bridgehead atoms. The maximum absolute atomic E-state index is 11.8. The van der Waals surface area contributed by atoms with Gasteiger partial charge in [0, 0.05) is 19.2 Å². The monoisotopic (exact) mass is 229 g/mol. The van der Waals surface area contributed by atoms with Crippen molar-refractivity contribution in [3.63, 3.8) is 0 Å². The van der Waals surface area contributed by atoms with Gasteiger partial charge in [0.15, 0.2) is 6.20 Å². The Balaban J connectivity index is 2.26. The molecule has 4 heteroatoms. The summed E-state index contributed by atoms with van der Waals surface area (Å²) < 4.78 is 0.851. The molecular formula is C13H15N3O. The fourth-order valence-electron chi connectivity index (χ4n) is 2.55. The topological polar surface area (TPSA) is 56.2 Å². The van der Waals surface area contributed by atoms with Gasteiger partial charge in [-0.25, -0.2) is 0 Å². The Morgan fingerprint density at radius 2 is 1.94 bits per heavy atom. The molecule has 1 fully saturated rings. The number of pyridine rings is 1. The zero-order chi connectivity index (χ0) is 11.8. The molecule has 0 atom stereocenters. The molecule has 0 amide bonds. The molecule has 0 saturated carbocycles. The molecule has 1 aromatic heterocycles. The Hall–Kier alpha value is -1.97. The van der Waals surface area contributed by atoms with E-state index in [1.54, 1.807) is 6.07 Å². The van der Waals surface area contributed by atoms with E-state index in [0.29, 0.717) is 11.2 Å². The average molecular weight is 229 g/mol. The van der Waals surface area contributed by atoms with Gasteiger partial charge in [-0.15, -0.1) is 0 Å². The van der Waals surface area contributed by atoms with Crippen LogP contribution in [0.5, 0.6) is 0 Å². The minimum atomic E-state index is 0.540. The third-order valence-corrected chi connectivity index (χ3v) is 3.38. The molecule has 0 spiro atoms. The number of fused-ring (bicyclic) bond motifs is 1. The molecule has 88 valence electrons. The van der Waals surface area contributed by atoms with E-state index in [1.807, 2.05) is 18.2 Å². The van der Waals surface area contributed by atoms with Crippen LogP contribution >= 0.6 is 0 Å². The van der Waals surface area contributed by atoms with Crippen LogP contribution in [0.4, 0.5) is 11.4 Å². The van der Waals surface area contributed by atoms with Crippen LogP contribution < -0.4 is 15.4 Å². The number of hydrogen-bond acceptors (Lipinski definition) is 3. The molecule has 1 aromatic carbocycles. The second-order valence-electron chi connectivity index (χ2n) is 4.46. The Kier molecular flexibility index (Phi) is 2.28. The maximum Gasteiger partial charge on any atom is 0.249 e. The Morgan fingerprint density at radius 1 is 1.18 bits per heavy atom. The summed E-state index contributed by atoms with van der Waals surface area (Å²) in [5, 5.41) is 12.7. The first-order chi connectivity index (χ1) is 8.27. The summed E-state index contributed by atoms with van der Waals surface area (Å²) >= 11 is 0. The summed E-state index contributed by atoms with van der Waals surface area (Å²) in [5.41, 5.74) is 8.13. The highest BCUT2D eigenvalue weighted by Crippen LogP contribution is 2.30. The average Bonchev–Trinajstić information content (AvgIpc) is 2.83. The van der Waals surface area contributed by atoms with Crippen molar-refractivity contribution in [1.82, 2.24) is 0 Å². The van der Waals surface area contributed by atoms with Crippen LogP contribution in [0.2, 0.25) is 0 Å². The van der Waals surface area contributed by atoms with Crippen LogP contribution in [0.3, 0.4) is 0 Å². The van der Waals surface area contributed by atoms with Gasteiger partial charge in [-0.1, -0.05) is 0 Å². The molecule has 0 aliphatic carbocycles. The minimum Gasteiger partial charge on any atom is -0.618 e. The van der Waals surface area contributed by atoms with E-state index < -0.39 is 0 Å². The van der Waals surface area contributed by atoms with Gasteiger partial charge in [-0.05, 0) is 31.0 Å². The number of nitrogens with zero attached hydrogens (tertiary/aromatic N) is 2. The Bertz CT molecular complexity index is 554. The lowest BCUT2D eigenvalue weighted by Crippen LogP contribution is -2.28. The molecular weight excluding hydrogens is 214 g/mol. The molecule has 1 saturated heterocycles. The van der Waals surface area contributed by atoms with Crippen molar-refractivity contribution in [1.29, 1.82) is 0 Å². The molecule has 1 aliphatic heterocycles. The summed E-state index contributed by atoms with van der Waals surface area (Å²) in [5.74, 6) is 0. The summed E-state index contributed by atoms with van der Waals surface area (Å²) in [6.07, 6.45) is 3.93. The van der Waals surface area contributed by atoms with Gasteiger partial charge >= 0.3 is 0 Å². The molecule has 17 heavy (non-hydrogen) atoms. The predicted molar refractivity (Wildman–Crippen MR) is 68.8 cm³/mol. The van der Waals surface area contributed by atoms with Crippen molar-refractivity contribution >= 4 is 22.3 Å². The second-order valence-corrected chi connectivity index (χ2v) is 4.46. The number of aromatic nitrogens is 1. The molecule has 2 aromatic rings. The summed E-state index contributed by atoms with van der Waals surface area (Å²) in [6, 6.07) is 7.58. The van der Waals surface area contributed by atoms with Crippen molar-refractivity contribution < 1.29 is 4.73 Å². The van der Waals surface area contributed by atoms with E-state index in [9.17, 15) is 5.21 Å². The molecule has 3 rings (SSSR count). The third-order valence-electron chi connectivity index (χ3n) is 3.38. The van der Waals surface area contributed by atoms with E-state index >= 15 is 0 Å². The van der Waals surface area contributed by atoms with Crippen LogP contribution in [0.15, 0.2) is 30.5 Å². The highest BCUT2D eigenvalue weighted by atomic mass is 16.5. The standard InChI is InChI=1S/C13H15N3O/c14-11-5-6-12(15-7-1-2-8-15)10-4-3-9-16(17)13(10)11/h3-6,9H,1-2,7-8,14H2. The van der Waals surface area contributed by atoms with Crippen LogP contribution in [0.25, 0.3) is 10.9 Å². The van der Waals surface area contributed by atoms with Crippen LogP contribution in [0.1, 0.15) is 12.8 Å². The number of rotatable bonds is 1. The van der Waals surface area contributed by atoms with E-state index in [4.69, 9.17) is 5.73 Å². The lowest BCUT2D eigenvalue weighted by molar-refractivity contribution is -0.576. The molecule has 1 aliphatic rings. The maximum atomic E-state index is 11.8. The van der Waals surface area contributed by atoms with E-state index in [1.165, 1.54) is 19.0 Å². The molecule has 0 radical (unpaired) electrons. The molecule has 0 unspecified atom stereocenters. The largest absolute Gasteiger partial charge is 0.618 e. The van der Waals surface area contributed by atoms with E-state index in [2.05, 4.69) is 4.90 Å². The number of anilines is 2. The Labute approximate surface area is 99.8 Å². The van der Waals surface area contributed by atoms with E-state index in [-0.39, 0.29) is 0 Å². The van der Waals surface area contributed by atoms with Gasteiger partial charge < -0.3 is 15.8 Å². The Morgan fingerprint density at radius 3 is 2.71 bits per heavy atom. The fourth-order valence-corrected chi connectivity index (χ4v) is 2.55. The lowest BCUT2D eigenvalue weighted by Gasteiger charge is -2.19. The van der Waals surface area contributed by atoms with Crippen molar-refractivity contribution in [2.75, 3.05) is 23.7 Å². The normalized spacial score (nSPS) is 15.6. The first kappa shape index (κ1) is 10.2. The van der Waals surface area contributed by atoms with Crippen LogP contribution in [-0.4, -0.2) is 13.1 Å². The molecule has 2 heterocycles. The zero-order valence-electron chi connectivity index (χ0n) is 9.60. The van der Waals surface area contributed by atoms with Crippen molar-refractivity contribution in [3.05, 3.63) is 35.7 Å². The summed E-state index contributed by atoms with van der Waals surface area (Å²) in [4.78, 5) is 2.32. The van der Waals surface area contributed by atoms with Crippen molar-refractivity contribution in [2.24, 2.45) is 0 Å². The zero-order valence-corrected chi connectivity index (χ0v) is 9.60. The third kappa shape index (κ3) is 1.56. The van der Waals surface area contributed by atoms with Gasteiger partial charge in [0.05, 0.1) is 11.1 Å². The first-order valence-corrected chi connectivity index (χ1v) is 5.93. The van der Waals surface area contributed by atoms with Crippen LogP contribution in [0, 0.1) is 5.21 Å². The summed E-state index contributed by atoms with van der Waals surface area (Å²) in [6.45, 7) is 2.12. The smallest absolute Gasteiger partial charge is 0.249 e. The second kappa shape index (κ2) is 3.80. The summed E-state index contributed by atoms with van der Waals surface area (Å²) in [7, 11) is 0. The van der Waals surface area contributed by atoms with Gasteiger partial charge in [0.2, 0.25) is 5.52 Å². The molecule has 2 N–H and O–H groups in total. The van der Waals surface area contributed by atoms with Gasteiger partial charge in [0.1, 0.15) is 5.69 Å². The number of benzene rings is 1. The molecule has 4 nitrogen and oxygen atoms in total. The van der Waals surface area contributed by atoms with Gasteiger partial charge in [0.25, 0.3) is 0 Å². The number of nitrogens with two attached hydrogens (primary N) is 1. The van der Waals surface area contributed by atoms with Crippen LogP contribution in [-0.2, 0) is 0 Å². The van der Waals surface area contributed by atoms with Gasteiger partial charge in [-0.3, -0.25) is 0 Å². The number of hydrogen-bond donors (Lipinski definition) is 1. The quantitative estimate of drug-likeness (QED) is 0.459.